The van der Waals surface area contributed by atoms with Gasteiger partial charge in [-0.25, -0.2) is 4.79 Å². The van der Waals surface area contributed by atoms with Crippen molar-refractivity contribution in [2.24, 2.45) is 0 Å². The molecular weight excluding hydrogens is 256 g/mol. The number of aromatic nitrogens is 1. The summed E-state index contributed by atoms with van der Waals surface area (Å²) < 4.78 is 9.94. The number of carbonyl (C=O) groups is 1. The number of nitro groups is 1. The van der Waals surface area contributed by atoms with Crippen LogP contribution in [0.4, 0.5) is 5.69 Å². The average Bonchev–Trinajstić information content (AvgIpc) is 2.88. The van der Waals surface area contributed by atoms with E-state index in [4.69, 9.17) is 14.4 Å². The fourth-order valence-corrected chi connectivity index (χ4v) is 1.45. The maximum atomic E-state index is 11.0. The highest BCUT2D eigenvalue weighted by atomic mass is 16.6. The first-order valence-corrected chi connectivity index (χ1v) is 5.12. The Morgan fingerprint density at radius 1 is 1.47 bits per heavy atom. The van der Waals surface area contributed by atoms with E-state index >= 15 is 0 Å². The molecule has 0 bridgehead atoms. The average molecular weight is 264 g/mol. The highest BCUT2D eigenvalue weighted by Gasteiger charge is 2.23. The zero-order valence-electron chi connectivity index (χ0n) is 9.48. The number of para-hydroxylation sites is 1. The van der Waals surface area contributed by atoms with E-state index in [0.717, 1.165) is 0 Å². The van der Waals surface area contributed by atoms with Gasteiger partial charge in [-0.2, -0.15) is 0 Å². The third-order valence-corrected chi connectivity index (χ3v) is 2.27. The molecule has 19 heavy (non-hydrogen) atoms. The lowest BCUT2D eigenvalue weighted by atomic mass is 10.1. The summed E-state index contributed by atoms with van der Waals surface area (Å²) in [6.07, 6.45) is 1.39. The molecule has 0 aliphatic carbocycles. The van der Waals surface area contributed by atoms with E-state index in [1.165, 1.54) is 30.5 Å². The molecule has 1 aromatic heterocycles. The smallest absolute Gasteiger partial charge is 0.339 e. The Kier molecular flexibility index (Phi) is 3.42. The van der Waals surface area contributed by atoms with Crippen molar-refractivity contribution in [1.82, 2.24) is 5.16 Å². The van der Waals surface area contributed by atoms with Gasteiger partial charge in [-0.15, -0.1) is 0 Å². The topological polar surface area (TPSA) is 116 Å². The number of nitro benzene ring substituents is 1. The first-order chi connectivity index (χ1) is 9.09. The molecule has 8 heteroatoms. The standard InChI is InChI=1S/C11H8N2O6/c14-11(15)8-2-1-3-9(13(16)17)10(8)18-6-7-4-5-12-19-7/h1-5H,6H2,(H,14,15). The highest BCUT2D eigenvalue weighted by Crippen LogP contribution is 2.31. The summed E-state index contributed by atoms with van der Waals surface area (Å²) in [6, 6.07) is 5.19. The Balaban J connectivity index is 2.35. The molecule has 0 radical (unpaired) electrons. The van der Waals surface area contributed by atoms with E-state index in [-0.39, 0.29) is 17.9 Å². The van der Waals surface area contributed by atoms with Gasteiger partial charge in [-0.3, -0.25) is 10.1 Å². The molecule has 0 aliphatic heterocycles. The van der Waals surface area contributed by atoms with Gasteiger partial charge in [0, 0.05) is 12.1 Å². The zero-order chi connectivity index (χ0) is 13.8. The van der Waals surface area contributed by atoms with E-state index in [2.05, 4.69) is 5.16 Å². The number of aromatic carboxylic acids is 1. The van der Waals surface area contributed by atoms with Crippen LogP contribution in [0.1, 0.15) is 16.1 Å². The lowest BCUT2D eigenvalue weighted by Crippen LogP contribution is -2.05. The molecule has 0 saturated carbocycles. The van der Waals surface area contributed by atoms with Crippen LogP contribution in [0.3, 0.4) is 0 Å². The van der Waals surface area contributed by atoms with Crippen molar-refractivity contribution in [2.45, 2.75) is 6.61 Å². The molecule has 8 nitrogen and oxygen atoms in total. The van der Waals surface area contributed by atoms with Gasteiger partial charge in [0.1, 0.15) is 12.2 Å². The Labute approximate surface area is 106 Å². The van der Waals surface area contributed by atoms with Gasteiger partial charge in [0.15, 0.2) is 5.76 Å². The summed E-state index contributed by atoms with van der Waals surface area (Å²) in [5.74, 6) is -1.29. The van der Waals surface area contributed by atoms with Crippen molar-refractivity contribution in [3.05, 3.63) is 51.9 Å². The number of benzene rings is 1. The predicted octanol–water partition coefficient (Wildman–Crippen LogP) is 1.86. The SMILES string of the molecule is O=C(O)c1cccc([N+](=O)[O-])c1OCc1ccno1. The Morgan fingerprint density at radius 3 is 2.84 bits per heavy atom. The Bertz CT molecular complexity index is 575. The van der Waals surface area contributed by atoms with Crippen molar-refractivity contribution < 1.29 is 24.1 Å². The van der Waals surface area contributed by atoms with Gasteiger partial charge in [0.25, 0.3) is 0 Å². The number of hydrogen-bond donors (Lipinski definition) is 1. The number of nitrogens with zero attached hydrogens (tertiary/aromatic N) is 2. The normalized spacial score (nSPS) is 10.1. The summed E-state index contributed by atoms with van der Waals surface area (Å²) in [5, 5.41) is 23.3. The minimum atomic E-state index is -1.31. The number of hydrogen-bond acceptors (Lipinski definition) is 6. The molecule has 1 aromatic carbocycles. The molecule has 0 fully saturated rings. The molecule has 0 spiro atoms. The molecule has 2 aromatic rings. The van der Waals surface area contributed by atoms with Crippen molar-refractivity contribution in [3.63, 3.8) is 0 Å². The molecule has 0 unspecified atom stereocenters. The third kappa shape index (κ3) is 2.68. The number of ether oxygens (including phenoxy) is 1. The third-order valence-electron chi connectivity index (χ3n) is 2.27. The zero-order valence-corrected chi connectivity index (χ0v) is 9.48. The maximum absolute atomic E-state index is 11.0. The second kappa shape index (κ2) is 5.17. The Morgan fingerprint density at radius 2 is 2.26 bits per heavy atom. The molecule has 1 heterocycles. The number of carboxylic acids is 1. The van der Waals surface area contributed by atoms with Crippen LogP contribution in [-0.4, -0.2) is 21.2 Å². The van der Waals surface area contributed by atoms with Crippen molar-refractivity contribution in [3.8, 4) is 5.75 Å². The molecular formula is C11H8N2O6. The van der Waals surface area contributed by atoms with Crippen LogP contribution in [0.25, 0.3) is 0 Å². The fourth-order valence-electron chi connectivity index (χ4n) is 1.45. The van der Waals surface area contributed by atoms with E-state index in [1.807, 2.05) is 0 Å². The van der Waals surface area contributed by atoms with E-state index in [0.29, 0.717) is 5.76 Å². The fraction of sp³-hybridized carbons (Fsp3) is 0.0909. The highest BCUT2D eigenvalue weighted by molar-refractivity contribution is 5.92. The van der Waals surface area contributed by atoms with E-state index in [9.17, 15) is 14.9 Å². The molecule has 2 rings (SSSR count). The van der Waals surface area contributed by atoms with Crippen LogP contribution in [0.2, 0.25) is 0 Å². The van der Waals surface area contributed by atoms with Crippen LogP contribution in [-0.2, 0) is 6.61 Å². The minimum Gasteiger partial charge on any atom is -0.478 e. The van der Waals surface area contributed by atoms with Crippen LogP contribution >= 0.6 is 0 Å². The molecule has 0 saturated heterocycles. The second-order valence-electron chi connectivity index (χ2n) is 3.48. The summed E-state index contributed by atoms with van der Waals surface area (Å²) in [6.45, 7) is -0.148. The van der Waals surface area contributed by atoms with Gasteiger partial charge in [-0.1, -0.05) is 11.2 Å². The van der Waals surface area contributed by atoms with Gasteiger partial charge in [0.05, 0.1) is 11.1 Å². The van der Waals surface area contributed by atoms with Gasteiger partial charge in [-0.05, 0) is 6.07 Å². The summed E-state index contributed by atoms with van der Waals surface area (Å²) in [5.41, 5.74) is -0.701. The van der Waals surface area contributed by atoms with Crippen molar-refractivity contribution >= 4 is 11.7 Å². The molecule has 1 N–H and O–H groups in total. The summed E-state index contributed by atoms with van der Waals surface area (Å²) in [4.78, 5) is 21.2. The van der Waals surface area contributed by atoms with Crippen LogP contribution < -0.4 is 4.74 Å². The van der Waals surface area contributed by atoms with E-state index in [1.54, 1.807) is 0 Å². The summed E-state index contributed by atoms with van der Waals surface area (Å²) >= 11 is 0. The second-order valence-corrected chi connectivity index (χ2v) is 3.48. The molecule has 0 atom stereocenters. The van der Waals surface area contributed by atoms with Gasteiger partial charge < -0.3 is 14.4 Å². The number of carboxylic acid groups (broad SMARTS) is 1. The van der Waals surface area contributed by atoms with Gasteiger partial charge >= 0.3 is 11.7 Å². The first kappa shape index (κ1) is 12.6. The molecule has 0 amide bonds. The quantitative estimate of drug-likeness (QED) is 0.647. The number of rotatable bonds is 5. The largest absolute Gasteiger partial charge is 0.478 e. The lowest BCUT2D eigenvalue weighted by molar-refractivity contribution is -0.386. The minimum absolute atomic E-state index is 0.148. The van der Waals surface area contributed by atoms with Gasteiger partial charge in [0.2, 0.25) is 5.75 Å². The molecule has 98 valence electrons. The van der Waals surface area contributed by atoms with Crippen LogP contribution in [0.15, 0.2) is 35.0 Å². The van der Waals surface area contributed by atoms with Crippen molar-refractivity contribution in [2.75, 3.05) is 0 Å². The predicted molar refractivity (Wildman–Crippen MR) is 60.9 cm³/mol. The lowest BCUT2D eigenvalue weighted by Gasteiger charge is -2.07. The Hall–Kier alpha value is -2.90. The monoisotopic (exact) mass is 264 g/mol. The first-order valence-electron chi connectivity index (χ1n) is 5.12. The maximum Gasteiger partial charge on any atom is 0.339 e. The van der Waals surface area contributed by atoms with Crippen LogP contribution in [0.5, 0.6) is 5.75 Å². The summed E-state index contributed by atoms with van der Waals surface area (Å²) in [7, 11) is 0. The van der Waals surface area contributed by atoms with Crippen LogP contribution in [0, 0.1) is 10.1 Å². The van der Waals surface area contributed by atoms with Crippen molar-refractivity contribution in [1.29, 1.82) is 0 Å². The molecule has 0 aliphatic rings. The van der Waals surface area contributed by atoms with E-state index < -0.39 is 16.6 Å².